The van der Waals surface area contributed by atoms with Gasteiger partial charge in [-0.1, -0.05) is 13.8 Å². The average Bonchev–Trinajstić information content (AvgIpc) is 2.85. The summed E-state index contributed by atoms with van der Waals surface area (Å²) in [6, 6.07) is 0. The van der Waals surface area contributed by atoms with E-state index in [1.54, 1.807) is 7.11 Å². The molecule has 2 unspecified atom stereocenters. The van der Waals surface area contributed by atoms with Crippen molar-refractivity contribution in [3.63, 3.8) is 0 Å². The van der Waals surface area contributed by atoms with Gasteiger partial charge < -0.3 is 14.6 Å². The number of methoxy groups -OCH3 is 1. The van der Waals surface area contributed by atoms with E-state index in [0.29, 0.717) is 6.10 Å². The van der Waals surface area contributed by atoms with Crippen LogP contribution in [0.4, 0.5) is 0 Å². The van der Waals surface area contributed by atoms with Crippen molar-refractivity contribution in [2.45, 2.75) is 76.6 Å². The van der Waals surface area contributed by atoms with E-state index in [9.17, 15) is 5.11 Å². The summed E-state index contributed by atoms with van der Waals surface area (Å²) in [5, 5.41) is 10.3. The zero-order valence-corrected chi connectivity index (χ0v) is 11.6. The Kier molecular flexibility index (Phi) is 6.45. The van der Waals surface area contributed by atoms with Crippen molar-refractivity contribution in [2.24, 2.45) is 0 Å². The Bertz CT molecular complexity index is 187. The summed E-state index contributed by atoms with van der Waals surface area (Å²) in [4.78, 5) is 0. The highest BCUT2D eigenvalue weighted by molar-refractivity contribution is 4.86. The van der Waals surface area contributed by atoms with Crippen molar-refractivity contribution in [3.05, 3.63) is 0 Å². The molecule has 2 atom stereocenters. The van der Waals surface area contributed by atoms with E-state index >= 15 is 0 Å². The van der Waals surface area contributed by atoms with Gasteiger partial charge in [-0.2, -0.15) is 0 Å². The van der Waals surface area contributed by atoms with Gasteiger partial charge in [-0.3, -0.25) is 0 Å². The second-order valence-electron chi connectivity index (χ2n) is 5.06. The van der Waals surface area contributed by atoms with Gasteiger partial charge in [0.1, 0.15) is 0 Å². The summed E-state index contributed by atoms with van der Waals surface area (Å²) in [5.74, 6) is 0. The molecule has 0 aromatic carbocycles. The maximum Gasteiger partial charge on any atom is 0.0931 e. The molecule has 1 rings (SSSR count). The Morgan fingerprint density at radius 2 is 2.12 bits per heavy atom. The molecule has 1 saturated heterocycles. The molecule has 0 aromatic heterocycles. The van der Waals surface area contributed by atoms with Gasteiger partial charge in [0.2, 0.25) is 0 Å². The Hall–Kier alpha value is -0.120. The van der Waals surface area contributed by atoms with E-state index in [2.05, 4.69) is 13.8 Å². The fourth-order valence-corrected chi connectivity index (χ4v) is 2.82. The molecule has 1 heterocycles. The number of aliphatic hydroxyl groups is 1. The lowest BCUT2D eigenvalue weighted by molar-refractivity contribution is -0.111. The van der Waals surface area contributed by atoms with E-state index in [0.717, 1.165) is 38.7 Å². The van der Waals surface area contributed by atoms with Crippen LogP contribution in [0.3, 0.4) is 0 Å². The maximum absolute atomic E-state index is 10.3. The fraction of sp³-hybridized carbons (Fsp3) is 1.00. The second-order valence-corrected chi connectivity index (χ2v) is 5.06. The van der Waals surface area contributed by atoms with E-state index in [4.69, 9.17) is 9.47 Å². The number of aliphatic hydroxyl groups excluding tert-OH is 1. The minimum atomic E-state index is -0.357. The zero-order valence-electron chi connectivity index (χ0n) is 11.6. The van der Waals surface area contributed by atoms with Gasteiger partial charge >= 0.3 is 0 Å². The first-order chi connectivity index (χ1) is 8.18. The first-order valence-corrected chi connectivity index (χ1v) is 7.03. The van der Waals surface area contributed by atoms with Gasteiger partial charge in [0.15, 0.2) is 0 Å². The lowest BCUT2D eigenvalue weighted by Gasteiger charge is -2.35. The van der Waals surface area contributed by atoms with E-state index in [1.807, 2.05) is 0 Å². The third-order valence-corrected chi connectivity index (χ3v) is 4.24. The number of hydrogen-bond donors (Lipinski definition) is 1. The van der Waals surface area contributed by atoms with E-state index in [-0.39, 0.29) is 11.7 Å². The molecule has 0 radical (unpaired) electrons. The highest BCUT2D eigenvalue weighted by atomic mass is 16.5. The van der Waals surface area contributed by atoms with Crippen LogP contribution in [0.5, 0.6) is 0 Å². The van der Waals surface area contributed by atoms with Gasteiger partial charge in [-0.25, -0.2) is 0 Å². The van der Waals surface area contributed by atoms with Crippen LogP contribution >= 0.6 is 0 Å². The molecule has 3 nitrogen and oxygen atoms in total. The molecule has 102 valence electrons. The molecular formula is C14H28O3. The molecule has 0 aromatic rings. The molecule has 1 N–H and O–H groups in total. The molecule has 17 heavy (non-hydrogen) atoms. The molecule has 0 saturated carbocycles. The molecule has 3 heteroatoms. The third-order valence-electron chi connectivity index (χ3n) is 4.24. The Balaban J connectivity index is 2.28. The predicted octanol–water partition coefficient (Wildman–Crippen LogP) is 2.90. The van der Waals surface area contributed by atoms with Crippen molar-refractivity contribution >= 4 is 0 Å². The Labute approximate surface area is 105 Å². The van der Waals surface area contributed by atoms with Crippen molar-refractivity contribution in [2.75, 3.05) is 13.7 Å². The highest BCUT2D eigenvalue weighted by Gasteiger charge is 2.34. The minimum absolute atomic E-state index is 0.351. The van der Waals surface area contributed by atoms with Gasteiger partial charge in [0.25, 0.3) is 0 Å². The molecule has 1 aliphatic heterocycles. The topological polar surface area (TPSA) is 38.7 Å². The van der Waals surface area contributed by atoms with Gasteiger partial charge in [0.05, 0.1) is 17.8 Å². The normalized spacial score (nSPS) is 22.9. The summed E-state index contributed by atoms with van der Waals surface area (Å²) in [6.07, 6.45) is 7.09. The van der Waals surface area contributed by atoms with Crippen LogP contribution in [-0.2, 0) is 9.47 Å². The number of rotatable bonds is 8. The highest BCUT2D eigenvalue weighted by Crippen LogP contribution is 2.28. The lowest BCUT2D eigenvalue weighted by atomic mass is 9.87. The van der Waals surface area contributed by atoms with E-state index < -0.39 is 0 Å². The van der Waals surface area contributed by atoms with Crippen LogP contribution in [0, 0.1) is 0 Å². The second kappa shape index (κ2) is 7.34. The quantitative estimate of drug-likeness (QED) is 0.713. The first-order valence-electron chi connectivity index (χ1n) is 7.03. The molecule has 0 amide bonds. The Morgan fingerprint density at radius 1 is 1.41 bits per heavy atom. The SMILES string of the molecule is CCC(CC)(OC)C(O)CCCC1CCCO1. The number of hydrogen-bond acceptors (Lipinski definition) is 3. The van der Waals surface area contributed by atoms with Crippen LogP contribution < -0.4 is 0 Å². The summed E-state index contributed by atoms with van der Waals surface area (Å²) >= 11 is 0. The van der Waals surface area contributed by atoms with Crippen molar-refractivity contribution < 1.29 is 14.6 Å². The van der Waals surface area contributed by atoms with Crippen molar-refractivity contribution in [3.8, 4) is 0 Å². The summed E-state index contributed by atoms with van der Waals surface area (Å²) in [5.41, 5.74) is -0.351. The molecular weight excluding hydrogens is 216 g/mol. The standard InChI is InChI=1S/C14H28O3/c1-4-14(5-2,16-3)13(15)10-6-8-12-9-7-11-17-12/h12-13,15H,4-11H2,1-3H3. The number of ether oxygens (including phenoxy) is 2. The largest absolute Gasteiger partial charge is 0.390 e. The van der Waals surface area contributed by atoms with Crippen LogP contribution in [0.25, 0.3) is 0 Å². The minimum Gasteiger partial charge on any atom is -0.390 e. The van der Waals surface area contributed by atoms with Crippen molar-refractivity contribution in [1.82, 2.24) is 0 Å². The third kappa shape index (κ3) is 3.94. The van der Waals surface area contributed by atoms with Crippen molar-refractivity contribution in [1.29, 1.82) is 0 Å². The lowest BCUT2D eigenvalue weighted by Crippen LogP contribution is -2.43. The maximum atomic E-state index is 10.3. The van der Waals surface area contributed by atoms with Crippen LogP contribution in [-0.4, -0.2) is 36.6 Å². The van der Waals surface area contributed by atoms with E-state index in [1.165, 1.54) is 12.8 Å². The summed E-state index contributed by atoms with van der Waals surface area (Å²) < 4.78 is 11.1. The van der Waals surface area contributed by atoms with Gasteiger partial charge in [-0.05, 0) is 44.9 Å². The predicted molar refractivity (Wildman–Crippen MR) is 69.2 cm³/mol. The zero-order chi connectivity index (χ0) is 12.7. The molecule has 0 bridgehead atoms. The molecule has 1 aliphatic rings. The Morgan fingerprint density at radius 3 is 2.59 bits per heavy atom. The molecule has 0 aliphatic carbocycles. The smallest absolute Gasteiger partial charge is 0.0931 e. The van der Waals surface area contributed by atoms with Gasteiger partial charge in [-0.15, -0.1) is 0 Å². The molecule has 0 spiro atoms. The summed E-state index contributed by atoms with van der Waals surface area (Å²) in [6.45, 7) is 5.08. The van der Waals surface area contributed by atoms with Crippen LogP contribution in [0.1, 0.15) is 58.8 Å². The monoisotopic (exact) mass is 244 g/mol. The fourth-order valence-electron chi connectivity index (χ4n) is 2.82. The first kappa shape index (κ1) is 14.9. The molecule has 1 fully saturated rings. The van der Waals surface area contributed by atoms with Crippen LogP contribution in [0.15, 0.2) is 0 Å². The average molecular weight is 244 g/mol. The summed E-state index contributed by atoms with van der Waals surface area (Å²) in [7, 11) is 1.70. The van der Waals surface area contributed by atoms with Gasteiger partial charge in [0, 0.05) is 13.7 Å². The van der Waals surface area contributed by atoms with Crippen LogP contribution in [0.2, 0.25) is 0 Å².